The van der Waals surface area contributed by atoms with Crippen LogP contribution in [-0.4, -0.2) is 35.5 Å². The molecule has 4 nitrogen and oxygen atoms in total. The van der Waals surface area contributed by atoms with Crippen LogP contribution in [0.4, 0.5) is 18.0 Å². The average Bonchev–Trinajstić information content (AvgIpc) is 2.61. The Hall–Kier alpha value is -2.54. The second-order valence-corrected chi connectivity index (χ2v) is 5.43. The molecule has 7 heteroatoms. The minimum absolute atomic E-state index is 0.139. The maximum Gasteiger partial charge on any atom is 0.416 e. The van der Waals surface area contributed by atoms with Crippen molar-refractivity contribution in [2.24, 2.45) is 0 Å². The van der Waals surface area contributed by atoms with E-state index < -0.39 is 24.4 Å². The van der Waals surface area contributed by atoms with E-state index in [0.717, 1.165) is 12.0 Å². The molecule has 1 N–H and O–H groups in total. The van der Waals surface area contributed by atoms with Gasteiger partial charge in [-0.1, -0.05) is 60.7 Å². The lowest BCUT2D eigenvalue weighted by atomic mass is 9.98. The fourth-order valence-electron chi connectivity index (χ4n) is 2.54. The Morgan fingerprint density at radius 1 is 1.08 bits per heavy atom. The van der Waals surface area contributed by atoms with E-state index in [1.54, 1.807) is 48.5 Å². The molecule has 0 radical (unpaired) electrons. The number of alkyl halides is 3. The van der Waals surface area contributed by atoms with Crippen LogP contribution in [0.5, 0.6) is 0 Å². The van der Waals surface area contributed by atoms with Gasteiger partial charge < -0.3 is 9.84 Å². The maximum absolute atomic E-state index is 13.2. The first-order valence-corrected chi connectivity index (χ1v) is 7.53. The van der Waals surface area contributed by atoms with Crippen molar-refractivity contribution in [2.45, 2.75) is 24.9 Å². The van der Waals surface area contributed by atoms with E-state index in [0.29, 0.717) is 5.56 Å². The molecule has 1 amide bonds. The zero-order chi connectivity index (χ0) is 18.4. The standard InChI is InChI=1S/C18H18F3NO3/c1-25-17(24)22(12-13-8-4-2-5-9-13)15(16(23)18(19,20)21)14-10-6-3-7-11-14/h2-11,15-16,23H,12H2,1H3. The van der Waals surface area contributed by atoms with Gasteiger partial charge in [-0.25, -0.2) is 4.79 Å². The molecule has 2 aromatic rings. The number of methoxy groups -OCH3 is 1. The summed E-state index contributed by atoms with van der Waals surface area (Å²) in [6.07, 6.45) is -8.61. The molecule has 2 aromatic carbocycles. The van der Waals surface area contributed by atoms with Crippen LogP contribution >= 0.6 is 0 Å². The van der Waals surface area contributed by atoms with Crippen molar-refractivity contribution in [3.63, 3.8) is 0 Å². The number of hydrogen-bond donors (Lipinski definition) is 1. The van der Waals surface area contributed by atoms with Crippen LogP contribution in [0.25, 0.3) is 0 Å². The number of halogens is 3. The Balaban J connectivity index is 2.47. The van der Waals surface area contributed by atoms with E-state index in [-0.39, 0.29) is 12.1 Å². The van der Waals surface area contributed by atoms with Crippen LogP contribution in [0.2, 0.25) is 0 Å². The fraction of sp³-hybridized carbons (Fsp3) is 0.278. The summed E-state index contributed by atoms with van der Waals surface area (Å²) >= 11 is 0. The Morgan fingerprint density at radius 2 is 1.60 bits per heavy atom. The quantitative estimate of drug-likeness (QED) is 0.886. The number of rotatable bonds is 5. The van der Waals surface area contributed by atoms with Crippen LogP contribution in [-0.2, 0) is 11.3 Å². The molecule has 0 aliphatic heterocycles. The number of aliphatic hydroxyl groups excluding tert-OH is 1. The minimum Gasteiger partial charge on any atom is -0.453 e. The highest BCUT2D eigenvalue weighted by molar-refractivity contribution is 5.68. The van der Waals surface area contributed by atoms with Gasteiger partial charge in [-0.3, -0.25) is 4.90 Å². The molecule has 2 rings (SSSR count). The Labute approximate surface area is 143 Å². The molecule has 0 aliphatic carbocycles. The summed E-state index contributed by atoms with van der Waals surface area (Å²) in [5.41, 5.74) is 0.775. The minimum atomic E-state index is -4.90. The van der Waals surface area contributed by atoms with E-state index >= 15 is 0 Å². The summed E-state index contributed by atoms with van der Waals surface area (Å²) in [7, 11) is 1.09. The number of nitrogens with zero attached hydrogens (tertiary/aromatic N) is 1. The summed E-state index contributed by atoms with van der Waals surface area (Å²) in [5.74, 6) is 0. The summed E-state index contributed by atoms with van der Waals surface area (Å²) in [6.45, 7) is -0.139. The third-order valence-electron chi connectivity index (χ3n) is 3.72. The number of hydrogen-bond acceptors (Lipinski definition) is 3. The second kappa shape index (κ2) is 8.02. The largest absolute Gasteiger partial charge is 0.453 e. The predicted octanol–water partition coefficient (Wildman–Crippen LogP) is 3.92. The van der Waals surface area contributed by atoms with E-state index in [1.807, 2.05) is 0 Å². The fourth-order valence-corrected chi connectivity index (χ4v) is 2.54. The molecule has 25 heavy (non-hydrogen) atoms. The molecule has 0 heterocycles. The van der Waals surface area contributed by atoms with Crippen LogP contribution in [0.15, 0.2) is 60.7 Å². The average molecular weight is 353 g/mol. The topological polar surface area (TPSA) is 49.8 Å². The molecule has 0 aliphatic rings. The Kier molecular flexibility index (Phi) is 6.03. The van der Waals surface area contributed by atoms with Crippen molar-refractivity contribution in [3.05, 3.63) is 71.8 Å². The molecule has 0 aromatic heterocycles. The highest BCUT2D eigenvalue weighted by Crippen LogP contribution is 2.35. The highest BCUT2D eigenvalue weighted by Gasteiger charge is 2.47. The van der Waals surface area contributed by atoms with Gasteiger partial charge in [-0.05, 0) is 11.1 Å². The summed E-state index contributed by atoms with van der Waals surface area (Å²) in [6, 6.07) is 14.5. The first-order valence-electron chi connectivity index (χ1n) is 7.53. The van der Waals surface area contributed by atoms with Gasteiger partial charge in [-0.2, -0.15) is 13.2 Å². The van der Waals surface area contributed by atoms with Crippen molar-refractivity contribution in [1.29, 1.82) is 0 Å². The zero-order valence-electron chi connectivity index (χ0n) is 13.5. The van der Waals surface area contributed by atoms with Gasteiger partial charge in [0.25, 0.3) is 0 Å². The molecule has 0 saturated carbocycles. The van der Waals surface area contributed by atoms with Crippen molar-refractivity contribution in [1.82, 2.24) is 4.90 Å². The second-order valence-electron chi connectivity index (χ2n) is 5.43. The summed E-state index contributed by atoms with van der Waals surface area (Å²) < 4.78 is 44.3. The SMILES string of the molecule is COC(=O)N(Cc1ccccc1)C(c1ccccc1)C(O)C(F)(F)F. The van der Waals surface area contributed by atoms with Gasteiger partial charge >= 0.3 is 12.3 Å². The van der Waals surface area contributed by atoms with Gasteiger partial charge in [0.15, 0.2) is 6.10 Å². The number of carbonyl (C=O) groups is 1. The first kappa shape index (κ1) is 18.8. The van der Waals surface area contributed by atoms with Crippen LogP contribution in [0.1, 0.15) is 17.2 Å². The molecular weight excluding hydrogens is 335 g/mol. The summed E-state index contributed by atoms with van der Waals surface area (Å²) in [5, 5.41) is 9.92. The number of benzene rings is 2. The number of aliphatic hydroxyl groups is 1. The zero-order valence-corrected chi connectivity index (χ0v) is 13.5. The lowest BCUT2D eigenvalue weighted by molar-refractivity contribution is -0.221. The smallest absolute Gasteiger partial charge is 0.416 e. The molecular formula is C18H18F3NO3. The lowest BCUT2D eigenvalue weighted by Gasteiger charge is -2.35. The Morgan fingerprint density at radius 3 is 2.08 bits per heavy atom. The molecule has 0 saturated heterocycles. The molecule has 0 bridgehead atoms. The monoisotopic (exact) mass is 353 g/mol. The number of ether oxygens (including phenoxy) is 1. The number of amides is 1. The normalized spacial score (nSPS) is 13.8. The molecule has 0 fully saturated rings. The van der Waals surface area contributed by atoms with Crippen LogP contribution < -0.4 is 0 Å². The van der Waals surface area contributed by atoms with Crippen LogP contribution in [0, 0.1) is 0 Å². The maximum atomic E-state index is 13.2. The molecule has 2 atom stereocenters. The van der Waals surface area contributed by atoms with Gasteiger partial charge in [0.05, 0.1) is 13.2 Å². The van der Waals surface area contributed by atoms with Crippen molar-refractivity contribution >= 4 is 6.09 Å². The van der Waals surface area contributed by atoms with Crippen molar-refractivity contribution in [3.8, 4) is 0 Å². The van der Waals surface area contributed by atoms with Crippen molar-refractivity contribution in [2.75, 3.05) is 7.11 Å². The van der Waals surface area contributed by atoms with E-state index in [1.165, 1.54) is 12.1 Å². The van der Waals surface area contributed by atoms with E-state index in [2.05, 4.69) is 4.74 Å². The number of carbonyl (C=O) groups excluding carboxylic acids is 1. The molecule has 134 valence electrons. The molecule has 2 unspecified atom stereocenters. The Bertz CT molecular complexity index is 677. The van der Waals surface area contributed by atoms with Gasteiger partial charge in [0.1, 0.15) is 0 Å². The predicted molar refractivity (Wildman–Crippen MR) is 85.6 cm³/mol. The van der Waals surface area contributed by atoms with Crippen molar-refractivity contribution < 1.29 is 27.8 Å². The lowest BCUT2D eigenvalue weighted by Crippen LogP contribution is -2.46. The van der Waals surface area contributed by atoms with E-state index in [9.17, 15) is 23.1 Å². The van der Waals surface area contributed by atoms with Gasteiger partial charge in [0, 0.05) is 6.54 Å². The van der Waals surface area contributed by atoms with E-state index in [4.69, 9.17) is 0 Å². The van der Waals surface area contributed by atoms with Gasteiger partial charge in [0.2, 0.25) is 0 Å². The van der Waals surface area contributed by atoms with Crippen LogP contribution in [0.3, 0.4) is 0 Å². The molecule has 0 spiro atoms. The first-order chi connectivity index (χ1) is 11.8. The third kappa shape index (κ3) is 4.73. The highest BCUT2D eigenvalue weighted by atomic mass is 19.4. The third-order valence-corrected chi connectivity index (χ3v) is 3.72. The summed E-state index contributed by atoms with van der Waals surface area (Å²) in [4.78, 5) is 13.1. The van der Waals surface area contributed by atoms with Gasteiger partial charge in [-0.15, -0.1) is 0 Å².